The van der Waals surface area contributed by atoms with Gasteiger partial charge in [0.05, 0.1) is 17.1 Å². The quantitative estimate of drug-likeness (QED) is 0.421. The molecule has 1 aliphatic carbocycles. The van der Waals surface area contributed by atoms with Crippen LogP contribution in [-0.4, -0.2) is 23.4 Å². The molecule has 7 nitrogen and oxygen atoms in total. The van der Waals surface area contributed by atoms with Crippen molar-refractivity contribution in [3.05, 3.63) is 54.9 Å². The Labute approximate surface area is 170 Å². The highest BCUT2D eigenvalue weighted by Gasteiger charge is 2.30. The predicted molar refractivity (Wildman–Crippen MR) is 108 cm³/mol. The van der Waals surface area contributed by atoms with Crippen LogP contribution in [0.2, 0.25) is 5.02 Å². The number of nitro groups is 1. The number of benzene rings is 1. The van der Waals surface area contributed by atoms with Crippen molar-refractivity contribution in [1.82, 2.24) is 0 Å². The van der Waals surface area contributed by atoms with Crippen molar-refractivity contribution in [3.8, 4) is 0 Å². The Kier molecular flexibility index (Phi) is 6.00. The lowest BCUT2D eigenvalue weighted by Crippen LogP contribution is -2.18. The van der Waals surface area contributed by atoms with Crippen molar-refractivity contribution in [3.63, 3.8) is 0 Å². The van der Waals surface area contributed by atoms with Crippen molar-refractivity contribution in [1.29, 1.82) is 0 Å². The highest BCUT2D eigenvalue weighted by atomic mass is 35.5. The number of anilines is 1. The van der Waals surface area contributed by atoms with E-state index >= 15 is 0 Å². The molecule has 0 spiro atoms. The zero-order chi connectivity index (χ0) is 20.4. The molecule has 0 fully saturated rings. The van der Waals surface area contributed by atoms with E-state index in [2.05, 4.69) is 12.2 Å². The summed E-state index contributed by atoms with van der Waals surface area (Å²) in [6.45, 7) is 4.04. The average molecular weight is 423 g/mol. The van der Waals surface area contributed by atoms with Gasteiger partial charge < -0.3 is 10.1 Å². The van der Waals surface area contributed by atoms with Gasteiger partial charge in [-0.1, -0.05) is 18.5 Å². The predicted octanol–water partition coefficient (Wildman–Crippen LogP) is 4.86. The van der Waals surface area contributed by atoms with Gasteiger partial charge in [-0.3, -0.25) is 14.9 Å². The number of aryl methyl sites for hydroxylation is 1. The molecule has 0 saturated heterocycles. The first-order valence-electron chi connectivity index (χ1n) is 8.88. The lowest BCUT2D eigenvalue weighted by molar-refractivity contribution is -0.385. The molecule has 1 atom stereocenters. The molecular weight excluding hydrogens is 404 g/mol. The third kappa shape index (κ3) is 4.02. The van der Waals surface area contributed by atoms with Gasteiger partial charge >= 0.3 is 5.97 Å². The number of fused-ring (bicyclic) bond motifs is 1. The summed E-state index contributed by atoms with van der Waals surface area (Å²) in [5, 5.41) is 14.5. The number of amides is 1. The van der Waals surface area contributed by atoms with Crippen LogP contribution in [0.3, 0.4) is 0 Å². The minimum absolute atomic E-state index is 0.160. The number of hydrogen-bond donors (Lipinski definition) is 1. The number of carbonyl (C=O) groups is 2. The number of carbonyl (C=O) groups excluding carboxylic acids is 2. The Bertz CT molecular complexity index is 956. The second kappa shape index (κ2) is 8.28. The molecular formula is C19H19ClN2O5S. The number of nitrogens with one attached hydrogen (secondary N) is 1. The van der Waals surface area contributed by atoms with Crippen LogP contribution in [0.4, 0.5) is 10.7 Å². The van der Waals surface area contributed by atoms with E-state index in [9.17, 15) is 19.7 Å². The highest BCUT2D eigenvalue weighted by Crippen LogP contribution is 2.40. The zero-order valence-corrected chi connectivity index (χ0v) is 17.0. The average Bonchev–Trinajstić information content (AvgIpc) is 2.98. The summed E-state index contributed by atoms with van der Waals surface area (Å²) in [4.78, 5) is 37.0. The molecule has 0 bridgehead atoms. The van der Waals surface area contributed by atoms with Crippen LogP contribution in [0, 0.1) is 16.0 Å². The first-order valence-corrected chi connectivity index (χ1v) is 10.1. The van der Waals surface area contributed by atoms with Gasteiger partial charge in [-0.05, 0) is 49.8 Å². The molecule has 1 heterocycles. The van der Waals surface area contributed by atoms with Crippen LogP contribution in [0.25, 0.3) is 0 Å². The third-order valence-electron chi connectivity index (χ3n) is 4.61. The number of hydrogen-bond acceptors (Lipinski definition) is 6. The lowest BCUT2D eigenvalue weighted by Gasteiger charge is -2.18. The smallest absolute Gasteiger partial charge is 0.341 e. The molecule has 3 rings (SSSR count). The van der Waals surface area contributed by atoms with Gasteiger partial charge in [-0.25, -0.2) is 4.79 Å². The molecule has 0 radical (unpaired) electrons. The van der Waals surface area contributed by atoms with Crippen LogP contribution in [0.15, 0.2) is 18.2 Å². The summed E-state index contributed by atoms with van der Waals surface area (Å²) in [5.41, 5.74) is 0.742. The van der Waals surface area contributed by atoms with Gasteiger partial charge in [0.25, 0.3) is 11.6 Å². The topological polar surface area (TPSA) is 98.5 Å². The van der Waals surface area contributed by atoms with Crippen molar-refractivity contribution in [2.45, 2.75) is 33.1 Å². The van der Waals surface area contributed by atoms with Gasteiger partial charge in [0, 0.05) is 16.0 Å². The van der Waals surface area contributed by atoms with Gasteiger partial charge in [0.1, 0.15) is 10.6 Å². The minimum atomic E-state index is -0.689. The van der Waals surface area contributed by atoms with Gasteiger partial charge in [0.15, 0.2) is 0 Å². The van der Waals surface area contributed by atoms with Gasteiger partial charge in [0.2, 0.25) is 0 Å². The maximum Gasteiger partial charge on any atom is 0.341 e. The van der Waals surface area contributed by atoms with E-state index in [1.54, 1.807) is 6.92 Å². The van der Waals surface area contributed by atoms with E-state index in [4.69, 9.17) is 16.3 Å². The Morgan fingerprint density at radius 2 is 2.18 bits per heavy atom. The summed E-state index contributed by atoms with van der Waals surface area (Å²) in [6, 6.07) is 3.78. The number of ether oxygens (including phenoxy) is 1. The molecule has 1 aliphatic rings. The Balaban J connectivity index is 2.01. The van der Waals surface area contributed by atoms with Gasteiger partial charge in [-0.15, -0.1) is 11.3 Å². The number of esters is 1. The molecule has 1 N–H and O–H groups in total. The summed E-state index contributed by atoms with van der Waals surface area (Å²) in [7, 11) is 0. The fourth-order valence-corrected chi connectivity index (χ4v) is 4.68. The molecule has 2 aromatic rings. The molecule has 0 aliphatic heterocycles. The molecule has 1 aromatic heterocycles. The number of thiophene rings is 1. The normalized spacial score (nSPS) is 15.6. The maximum absolute atomic E-state index is 12.8. The molecule has 1 unspecified atom stereocenters. The van der Waals surface area contributed by atoms with Crippen molar-refractivity contribution < 1.29 is 19.2 Å². The van der Waals surface area contributed by atoms with Crippen molar-refractivity contribution in [2.24, 2.45) is 5.92 Å². The molecule has 148 valence electrons. The molecule has 1 amide bonds. The van der Waals surface area contributed by atoms with E-state index in [-0.39, 0.29) is 22.9 Å². The third-order valence-corrected chi connectivity index (χ3v) is 6.06. The summed E-state index contributed by atoms with van der Waals surface area (Å²) in [5.74, 6) is -0.760. The van der Waals surface area contributed by atoms with Crippen LogP contribution in [-0.2, 0) is 17.6 Å². The Morgan fingerprint density at radius 1 is 1.43 bits per heavy atom. The molecule has 9 heteroatoms. The fraction of sp³-hybridized carbons (Fsp3) is 0.368. The second-order valence-corrected chi connectivity index (χ2v) is 8.19. The lowest BCUT2D eigenvalue weighted by atomic mass is 9.88. The van der Waals surface area contributed by atoms with E-state index < -0.39 is 16.8 Å². The number of nitrogens with zero attached hydrogens (tertiary/aromatic N) is 1. The number of nitro benzene ring substituents is 1. The van der Waals surface area contributed by atoms with E-state index in [1.165, 1.54) is 29.5 Å². The Hall–Kier alpha value is -2.45. The molecule has 28 heavy (non-hydrogen) atoms. The second-order valence-electron chi connectivity index (χ2n) is 6.65. The monoisotopic (exact) mass is 422 g/mol. The highest BCUT2D eigenvalue weighted by molar-refractivity contribution is 7.17. The van der Waals surface area contributed by atoms with Crippen LogP contribution in [0.1, 0.15) is 51.4 Å². The number of rotatable bonds is 5. The van der Waals surface area contributed by atoms with Crippen LogP contribution >= 0.6 is 22.9 Å². The summed E-state index contributed by atoms with van der Waals surface area (Å²) < 4.78 is 5.18. The maximum atomic E-state index is 12.8. The fourth-order valence-electron chi connectivity index (χ4n) is 3.29. The summed E-state index contributed by atoms with van der Waals surface area (Å²) >= 11 is 7.24. The van der Waals surface area contributed by atoms with Crippen molar-refractivity contribution in [2.75, 3.05) is 11.9 Å². The minimum Gasteiger partial charge on any atom is -0.462 e. The zero-order valence-electron chi connectivity index (χ0n) is 15.4. The molecule has 0 saturated carbocycles. The van der Waals surface area contributed by atoms with Crippen molar-refractivity contribution >= 4 is 45.5 Å². The SMILES string of the molecule is CCOC(=O)c1c(NC(=O)c2cc(Cl)ccc2[N+](=O)[O-])sc2c1CC(C)CC2. The summed E-state index contributed by atoms with van der Waals surface area (Å²) in [6.07, 6.45) is 2.55. The van der Waals surface area contributed by atoms with E-state index in [1.807, 2.05) is 0 Å². The number of halogens is 1. The van der Waals surface area contributed by atoms with Crippen LogP contribution < -0.4 is 5.32 Å². The first kappa shape index (κ1) is 20.3. The van der Waals surface area contributed by atoms with Gasteiger partial charge in [-0.2, -0.15) is 0 Å². The largest absolute Gasteiger partial charge is 0.462 e. The molecule has 1 aromatic carbocycles. The first-order chi connectivity index (χ1) is 13.3. The van der Waals surface area contributed by atoms with E-state index in [0.717, 1.165) is 29.7 Å². The van der Waals surface area contributed by atoms with Crippen LogP contribution in [0.5, 0.6) is 0 Å². The van der Waals surface area contributed by atoms with E-state index in [0.29, 0.717) is 16.5 Å². The standard InChI is InChI=1S/C19H19ClN2O5S/c1-3-27-19(24)16-13-8-10(2)4-7-15(13)28-18(16)21-17(23)12-9-11(20)5-6-14(12)22(25)26/h5-6,9-10H,3-4,7-8H2,1-2H3,(H,21,23). The Morgan fingerprint density at radius 3 is 2.86 bits per heavy atom.